The molecule has 1 saturated heterocycles. The lowest BCUT2D eigenvalue weighted by atomic mass is 10.1. The number of benzene rings is 3. The predicted octanol–water partition coefficient (Wildman–Crippen LogP) is 2.87. The molecule has 1 heterocycles. The van der Waals surface area contributed by atoms with Gasteiger partial charge in [-0.3, -0.25) is 9.59 Å². The van der Waals surface area contributed by atoms with Gasteiger partial charge in [-0.2, -0.15) is 4.31 Å². The molecule has 3 aromatic carbocycles. The molecule has 0 spiro atoms. The second-order valence-electron chi connectivity index (χ2n) is 8.32. The summed E-state index contributed by atoms with van der Waals surface area (Å²) in [5.74, 6) is -2.95. The molecular formula is C25H23ClF2N4O4S. The smallest absolute Gasteiger partial charge is 0.259 e. The van der Waals surface area contributed by atoms with Gasteiger partial charge in [-0.1, -0.05) is 41.9 Å². The highest BCUT2D eigenvalue weighted by Crippen LogP contribution is 2.28. The zero-order chi connectivity index (χ0) is 26.7. The molecule has 3 N–H and O–H groups in total. The van der Waals surface area contributed by atoms with Crippen LogP contribution in [-0.2, 0) is 27.9 Å². The van der Waals surface area contributed by atoms with Crippen molar-refractivity contribution in [1.29, 1.82) is 0 Å². The van der Waals surface area contributed by atoms with E-state index in [0.717, 1.165) is 50.7 Å². The molecule has 8 nitrogen and oxygen atoms in total. The number of hydrogen-bond donors (Lipinski definition) is 2. The molecule has 0 aliphatic carbocycles. The number of nitrogens with two attached hydrogens (primary N) is 1. The van der Waals surface area contributed by atoms with Gasteiger partial charge in [-0.15, -0.1) is 0 Å². The van der Waals surface area contributed by atoms with Crippen LogP contribution in [0, 0.1) is 11.6 Å². The highest BCUT2D eigenvalue weighted by molar-refractivity contribution is 7.89. The average molecular weight is 549 g/mol. The Kier molecular flexibility index (Phi) is 7.88. The molecular weight excluding hydrogens is 526 g/mol. The highest BCUT2D eigenvalue weighted by Gasteiger charge is 2.46. The molecule has 0 saturated carbocycles. The van der Waals surface area contributed by atoms with E-state index in [1.807, 2.05) is 6.07 Å². The molecule has 1 aliphatic rings. The standard InChI is InChI=1S/C25H23ClF2N4O4S/c26-21-13-20(7-8-22(21)28)37(35,36)32-10-9-31(25(34)18-5-2-6-19(27)12-18)24(32)23(33)30-15-17-4-1-3-16(11-17)14-29/h1-8,11-13,24H,9-10,14-15,29H2,(H,30,33). The lowest BCUT2D eigenvalue weighted by molar-refractivity contribution is -0.127. The van der Waals surface area contributed by atoms with Gasteiger partial charge in [-0.05, 0) is 47.5 Å². The Labute approximate surface area is 217 Å². The van der Waals surface area contributed by atoms with Crippen LogP contribution in [0.3, 0.4) is 0 Å². The maximum Gasteiger partial charge on any atom is 0.259 e. The van der Waals surface area contributed by atoms with E-state index in [1.165, 1.54) is 12.1 Å². The third kappa shape index (κ3) is 5.64. The lowest BCUT2D eigenvalue weighted by Crippen LogP contribution is -2.53. The number of carbonyl (C=O) groups is 2. The topological polar surface area (TPSA) is 113 Å². The molecule has 0 radical (unpaired) electrons. The predicted molar refractivity (Wildman–Crippen MR) is 133 cm³/mol. The van der Waals surface area contributed by atoms with Crippen molar-refractivity contribution < 1.29 is 26.8 Å². The Hall–Kier alpha value is -3.38. The van der Waals surface area contributed by atoms with E-state index < -0.39 is 44.7 Å². The van der Waals surface area contributed by atoms with Gasteiger partial charge in [0.1, 0.15) is 11.6 Å². The van der Waals surface area contributed by atoms with Crippen LogP contribution >= 0.6 is 11.6 Å². The van der Waals surface area contributed by atoms with E-state index in [1.54, 1.807) is 18.2 Å². The fourth-order valence-corrected chi connectivity index (χ4v) is 5.87. The molecule has 1 unspecified atom stereocenters. The van der Waals surface area contributed by atoms with Gasteiger partial charge in [0.15, 0.2) is 6.17 Å². The van der Waals surface area contributed by atoms with Gasteiger partial charge in [0.05, 0.1) is 9.92 Å². The van der Waals surface area contributed by atoms with Crippen molar-refractivity contribution in [2.75, 3.05) is 13.1 Å². The SMILES string of the molecule is NCc1cccc(CNC(=O)C2N(C(=O)c3cccc(F)c3)CCN2S(=O)(=O)c2ccc(F)c(Cl)c2)c1. The van der Waals surface area contributed by atoms with Crippen LogP contribution in [0.15, 0.2) is 71.6 Å². The summed E-state index contributed by atoms with van der Waals surface area (Å²) >= 11 is 5.80. The number of halogens is 3. The molecule has 4 rings (SSSR count). The van der Waals surface area contributed by atoms with E-state index in [9.17, 15) is 26.8 Å². The first-order valence-electron chi connectivity index (χ1n) is 11.2. The molecule has 1 aliphatic heterocycles. The normalized spacial score (nSPS) is 16.1. The molecule has 3 aromatic rings. The minimum absolute atomic E-state index is 0.0431. The second kappa shape index (κ2) is 10.9. The summed E-state index contributed by atoms with van der Waals surface area (Å²) in [5.41, 5.74) is 7.18. The minimum Gasteiger partial charge on any atom is -0.349 e. The molecule has 37 heavy (non-hydrogen) atoms. The van der Waals surface area contributed by atoms with Crippen molar-refractivity contribution in [1.82, 2.24) is 14.5 Å². The summed E-state index contributed by atoms with van der Waals surface area (Å²) in [7, 11) is -4.39. The van der Waals surface area contributed by atoms with Crippen molar-refractivity contribution in [2.24, 2.45) is 5.73 Å². The van der Waals surface area contributed by atoms with Gasteiger partial charge in [0.25, 0.3) is 11.8 Å². The second-order valence-corrected chi connectivity index (χ2v) is 10.6. The van der Waals surface area contributed by atoms with Crippen molar-refractivity contribution in [3.63, 3.8) is 0 Å². The van der Waals surface area contributed by atoms with Gasteiger partial charge in [-0.25, -0.2) is 17.2 Å². The van der Waals surface area contributed by atoms with Crippen molar-refractivity contribution >= 4 is 33.4 Å². The van der Waals surface area contributed by atoms with Crippen LogP contribution in [0.1, 0.15) is 21.5 Å². The van der Waals surface area contributed by atoms with Crippen molar-refractivity contribution in [3.05, 3.63) is 100 Å². The zero-order valence-electron chi connectivity index (χ0n) is 19.4. The molecule has 1 atom stereocenters. The molecule has 0 bridgehead atoms. The van der Waals surface area contributed by atoms with E-state index >= 15 is 0 Å². The van der Waals surface area contributed by atoms with Gasteiger partial charge in [0.2, 0.25) is 10.0 Å². The fourth-order valence-electron chi connectivity index (χ4n) is 4.05. The van der Waals surface area contributed by atoms with Crippen LogP contribution < -0.4 is 11.1 Å². The van der Waals surface area contributed by atoms with E-state index in [2.05, 4.69) is 5.32 Å². The first-order chi connectivity index (χ1) is 17.6. The largest absolute Gasteiger partial charge is 0.349 e. The Bertz CT molecular complexity index is 1450. The van der Waals surface area contributed by atoms with E-state index in [4.69, 9.17) is 17.3 Å². The Morgan fingerprint density at radius 2 is 1.73 bits per heavy atom. The van der Waals surface area contributed by atoms with Crippen LogP contribution in [0.4, 0.5) is 8.78 Å². The average Bonchev–Trinajstić information content (AvgIpc) is 3.34. The van der Waals surface area contributed by atoms with Crippen molar-refractivity contribution in [2.45, 2.75) is 24.2 Å². The molecule has 194 valence electrons. The molecule has 0 aromatic heterocycles. The number of hydrogen-bond acceptors (Lipinski definition) is 5. The maximum absolute atomic E-state index is 13.8. The summed E-state index contributed by atoms with van der Waals surface area (Å²) in [4.78, 5) is 27.4. The third-order valence-corrected chi connectivity index (χ3v) is 8.03. The first kappa shape index (κ1) is 26.7. The van der Waals surface area contributed by atoms with Crippen molar-refractivity contribution in [3.8, 4) is 0 Å². The van der Waals surface area contributed by atoms with Gasteiger partial charge >= 0.3 is 0 Å². The van der Waals surface area contributed by atoms with E-state index in [-0.39, 0.29) is 30.1 Å². The Balaban J connectivity index is 1.67. The molecule has 2 amide bonds. The number of sulfonamides is 1. The number of carbonyl (C=O) groups excluding carboxylic acids is 2. The van der Waals surface area contributed by atoms with Crippen LogP contribution in [0.5, 0.6) is 0 Å². The quantitative estimate of drug-likeness (QED) is 0.471. The fraction of sp³-hybridized carbons (Fsp3) is 0.200. The number of rotatable bonds is 7. The number of amides is 2. The first-order valence-corrected chi connectivity index (χ1v) is 13.0. The van der Waals surface area contributed by atoms with Crippen LogP contribution in [-0.4, -0.2) is 48.7 Å². The minimum atomic E-state index is -4.39. The number of nitrogens with zero attached hydrogens (tertiary/aromatic N) is 2. The summed E-state index contributed by atoms with van der Waals surface area (Å²) in [6, 6.07) is 14.9. The summed E-state index contributed by atoms with van der Waals surface area (Å²) in [6.07, 6.45) is -1.58. The Morgan fingerprint density at radius 3 is 2.43 bits per heavy atom. The summed E-state index contributed by atoms with van der Waals surface area (Å²) in [6.45, 7) is -0.0165. The third-order valence-electron chi connectivity index (χ3n) is 5.89. The summed E-state index contributed by atoms with van der Waals surface area (Å²) < 4.78 is 55.3. The zero-order valence-corrected chi connectivity index (χ0v) is 21.0. The Morgan fingerprint density at radius 1 is 1.00 bits per heavy atom. The van der Waals surface area contributed by atoms with E-state index in [0.29, 0.717) is 6.54 Å². The maximum atomic E-state index is 13.8. The lowest BCUT2D eigenvalue weighted by Gasteiger charge is -2.29. The molecule has 1 fully saturated rings. The summed E-state index contributed by atoms with van der Waals surface area (Å²) in [5, 5.41) is 2.27. The number of nitrogens with one attached hydrogen (secondary N) is 1. The van der Waals surface area contributed by atoms with Crippen LogP contribution in [0.25, 0.3) is 0 Å². The molecule has 12 heteroatoms. The highest BCUT2D eigenvalue weighted by atomic mass is 35.5. The van der Waals surface area contributed by atoms with Crippen LogP contribution in [0.2, 0.25) is 5.02 Å². The van der Waals surface area contributed by atoms with Gasteiger partial charge in [0, 0.05) is 31.7 Å². The van der Waals surface area contributed by atoms with Gasteiger partial charge < -0.3 is 16.0 Å². The monoisotopic (exact) mass is 548 g/mol.